The van der Waals surface area contributed by atoms with Crippen molar-refractivity contribution in [2.24, 2.45) is 0 Å². The van der Waals surface area contributed by atoms with E-state index in [1.807, 2.05) is 13.0 Å². The van der Waals surface area contributed by atoms with Crippen LogP contribution in [0.3, 0.4) is 0 Å². The summed E-state index contributed by atoms with van der Waals surface area (Å²) < 4.78 is 42.3. The van der Waals surface area contributed by atoms with E-state index in [2.05, 4.69) is 26.3 Å². The molecule has 0 unspecified atom stereocenters. The summed E-state index contributed by atoms with van der Waals surface area (Å²) in [6.07, 6.45) is 2.54. The number of aromatic nitrogens is 2. The van der Waals surface area contributed by atoms with Gasteiger partial charge in [-0.25, -0.2) is 0 Å². The Morgan fingerprint density at radius 2 is 1.89 bits per heavy atom. The molecular formula is C24H29ClF3N5O2. The maximum absolute atomic E-state index is 12.3. The molecule has 0 aliphatic carbocycles. The van der Waals surface area contributed by atoms with Gasteiger partial charge in [-0.15, -0.1) is 0 Å². The van der Waals surface area contributed by atoms with Gasteiger partial charge in [0.25, 0.3) is 0 Å². The van der Waals surface area contributed by atoms with Crippen molar-refractivity contribution < 1.29 is 22.7 Å². The Morgan fingerprint density at radius 1 is 1.17 bits per heavy atom. The first-order chi connectivity index (χ1) is 16.6. The van der Waals surface area contributed by atoms with Crippen LogP contribution in [0.4, 0.5) is 19.0 Å². The van der Waals surface area contributed by atoms with Gasteiger partial charge in [-0.1, -0.05) is 30.3 Å². The average molecular weight is 512 g/mol. The molecule has 11 heteroatoms. The second-order valence-electron chi connectivity index (χ2n) is 8.22. The molecule has 0 radical (unpaired) electrons. The molecule has 0 saturated carbocycles. The number of carbonyl (C=O) groups is 1. The van der Waals surface area contributed by atoms with Gasteiger partial charge in [0.2, 0.25) is 5.91 Å². The molecule has 0 spiro atoms. The van der Waals surface area contributed by atoms with Crippen LogP contribution in [0.15, 0.2) is 47.7 Å². The van der Waals surface area contributed by atoms with Crippen molar-refractivity contribution in [1.29, 1.82) is 0 Å². The van der Waals surface area contributed by atoms with E-state index in [1.165, 1.54) is 19.3 Å². The number of fused-ring (bicyclic) bond motifs is 1. The number of carbonyl (C=O) groups excluding carboxylic acids is 1. The third-order valence-corrected chi connectivity index (χ3v) is 6.17. The Bertz CT molecular complexity index is 1030. The number of methoxy groups -OCH3 is 1. The highest BCUT2D eigenvalue weighted by atomic mass is 35.5. The Balaban J connectivity index is 1.72. The van der Waals surface area contributed by atoms with Crippen LogP contribution in [0.5, 0.6) is 6.01 Å². The summed E-state index contributed by atoms with van der Waals surface area (Å²) >= 11 is 5.85. The van der Waals surface area contributed by atoms with Gasteiger partial charge < -0.3 is 19.4 Å². The lowest BCUT2D eigenvalue weighted by atomic mass is 10.0. The number of halogens is 4. The zero-order chi connectivity index (χ0) is 25.6. The minimum atomic E-state index is -4.28. The summed E-state index contributed by atoms with van der Waals surface area (Å²) in [5.74, 6) is 0.761. The zero-order valence-corrected chi connectivity index (χ0v) is 20.6. The van der Waals surface area contributed by atoms with Gasteiger partial charge in [-0.3, -0.25) is 4.79 Å². The topological polar surface area (TPSA) is 61.8 Å². The van der Waals surface area contributed by atoms with Gasteiger partial charge in [0.15, 0.2) is 0 Å². The maximum atomic E-state index is 12.3. The quantitative estimate of drug-likeness (QED) is 0.404. The van der Waals surface area contributed by atoms with Crippen LogP contribution in [0.1, 0.15) is 24.6 Å². The van der Waals surface area contributed by atoms with Crippen molar-refractivity contribution in [3.05, 3.63) is 58.9 Å². The summed E-state index contributed by atoms with van der Waals surface area (Å²) in [5.41, 5.74) is 2.86. The fraction of sp³-hybridized carbons (Fsp3) is 0.458. The van der Waals surface area contributed by atoms with Crippen LogP contribution < -0.4 is 9.64 Å². The minimum Gasteiger partial charge on any atom is -0.467 e. The van der Waals surface area contributed by atoms with E-state index >= 15 is 0 Å². The molecular weight excluding hydrogens is 483 g/mol. The smallest absolute Gasteiger partial charge is 0.392 e. The van der Waals surface area contributed by atoms with Crippen LogP contribution in [-0.4, -0.2) is 71.7 Å². The molecule has 7 nitrogen and oxygen atoms in total. The van der Waals surface area contributed by atoms with E-state index in [9.17, 15) is 18.0 Å². The van der Waals surface area contributed by atoms with E-state index in [-0.39, 0.29) is 16.9 Å². The lowest BCUT2D eigenvalue weighted by molar-refractivity contribution is -0.126. The maximum Gasteiger partial charge on any atom is 0.392 e. The molecule has 3 rings (SSSR count). The van der Waals surface area contributed by atoms with Crippen molar-refractivity contribution in [3.8, 4) is 6.01 Å². The van der Waals surface area contributed by atoms with Gasteiger partial charge in [0.05, 0.1) is 25.8 Å². The summed E-state index contributed by atoms with van der Waals surface area (Å²) in [6, 6.07) is 0.285. The second kappa shape index (κ2) is 11.6. The molecule has 0 aromatic carbocycles. The normalized spacial score (nSPS) is 17.6. The van der Waals surface area contributed by atoms with Crippen molar-refractivity contribution in [1.82, 2.24) is 19.8 Å². The standard InChI is InChI=1S/C24H29ClF3N5O2/c1-4-21(34)31-12-14-32(15-13-31)22-19-9-11-33(16-20(19)29-23(30-22)35-3)17(2)6-5-7-18(25)8-10-24(26,27)28/h4-8H,1,9-16H2,2-3H3/b7-5-,17-6+,18-8-. The molecule has 1 fully saturated rings. The van der Waals surface area contributed by atoms with E-state index in [0.29, 0.717) is 32.7 Å². The lowest BCUT2D eigenvalue weighted by Crippen LogP contribution is -2.49. The monoisotopic (exact) mass is 511 g/mol. The summed E-state index contributed by atoms with van der Waals surface area (Å²) in [4.78, 5) is 27.1. The highest BCUT2D eigenvalue weighted by Gasteiger charge is 2.28. The third-order valence-electron chi connectivity index (χ3n) is 5.89. The number of piperazine rings is 1. The number of nitrogens with zero attached hydrogens (tertiary/aromatic N) is 5. The Kier molecular flexibility index (Phi) is 8.82. The largest absolute Gasteiger partial charge is 0.467 e. The molecule has 35 heavy (non-hydrogen) atoms. The first-order valence-corrected chi connectivity index (χ1v) is 11.6. The third kappa shape index (κ3) is 7.24. The molecule has 2 aliphatic rings. The van der Waals surface area contributed by atoms with Gasteiger partial charge in [0, 0.05) is 49.0 Å². The number of allylic oxidation sites excluding steroid dienone is 6. The number of alkyl halides is 3. The number of hydrogen-bond donors (Lipinski definition) is 0. The molecule has 3 heterocycles. The Morgan fingerprint density at radius 3 is 2.51 bits per heavy atom. The number of hydrogen-bond acceptors (Lipinski definition) is 6. The van der Waals surface area contributed by atoms with Crippen molar-refractivity contribution >= 4 is 23.3 Å². The molecule has 1 aromatic heterocycles. The van der Waals surface area contributed by atoms with E-state index in [1.54, 1.807) is 11.0 Å². The molecule has 190 valence electrons. The van der Waals surface area contributed by atoms with E-state index in [0.717, 1.165) is 41.8 Å². The Hall–Kier alpha value is -3.01. The summed E-state index contributed by atoms with van der Waals surface area (Å²) in [7, 11) is 1.53. The van der Waals surface area contributed by atoms with Crippen LogP contribution in [0.2, 0.25) is 0 Å². The lowest BCUT2D eigenvalue weighted by Gasteiger charge is -2.38. The fourth-order valence-electron chi connectivity index (χ4n) is 3.98. The molecule has 0 N–H and O–H groups in total. The minimum absolute atomic E-state index is 0.0346. The number of anilines is 1. The number of rotatable bonds is 7. The molecule has 1 amide bonds. The van der Waals surface area contributed by atoms with Crippen LogP contribution in [-0.2, 0) is 17.8 Å². The van der Waals surface area contributed by atoms with Gasteiger partial charge in [-0.05, 0) is 31.6 Å². The first kappa shape index (κ1) is 26.6. The SMILES string of the molecule is C=CC(=O)N1CCN(c2nc(OC)nc3c2CCN(/C(C)=C/C=C\C(Cl)=C\CC(F)(F)F)C3)CC1. The number of ether oxygens (including phenoxy) is 1. The summed E-state index contributed by atoms with van der Waals surface area (Å²) in [6.45, 7) is 9.25. The fourth-order valence-corrected chi connectivity index (χ4v) is 4.13. The highest BCUT2D eigenvalue weighted by Crippen LogP contribution is 2.30. The van der Waals surface area contributed by atoms with Gasteiger partial charge in [0.1, 0.15) is 5.82 Å². The second-order valence-corrected chi connectivity index (χ2v) is 8.66. The van der Waals surface area contributed by atoms with Crippen LogP contribution in [0.25, 0.3) is 0 Å². The molecule has 2 aliphatic heterocycles. The highest BCUT2D eigenvalue weighted by molar-refractivity contribution is 6.31. The molecule has 1 aromatic rings. The molecule has 0 atom stereocenters. The molecule has 1 saturated heterocycles. The zero-order valence-electron chi connectivity index (χ0n) is 19.8. The summed E-state index contributed by atoms with van der Waals surface area (Å²) in [5, 5.41) is 0.0346. The van der Waals surface area contributed by atoms with E-state index in [4.69, 9.17) is 16.3 Å². The van der Waals surface area contributed by atoms with Crippen molar-refractivity contribution in [2.75, 3.05) is 44.7 Å². The number of amides is 1. The Labute approximate surface area is 208 Å². The van der Waals surface area contributed by atoms with Gasteiger partial charge >= 0.3 is 12.2 Å². The molecule has 0 bridgehead atoms. The first-order valence-electron chi connectivity index (χ1n) is 11.2. The van der Waals surface area contributed by atoms with Crippen LogP contribution >= 0.6 is 11.6 Å². The van der Waals surface area contributed by atoms with Gasteiger partial charge in [-0.2, -0.15) is 23.1 Å². The van der Waals surface area contributed by atoms with Crippen LogP contribution in [0, 0.1) is 0 Å². The van der Waals surface area contributed by atoms with E-state index < -0.39 is 12.6 Å². The predicted molar refractivity (Wildman–Crippen MR) is 129 cm³/mol. The van der Waals surface area contributed by atoms with Crippen molar-refractivity contribution in [3.63, 3.8) is 0 Å². The van der Waals surface area contributed by atoms with Crippen molar-refractivity contribution in [2.45, 2.75) is 32.5 Å². The predicted octanol–water partition coefficient (Wildman–Crippen LogP) is 4.21. The average Bonchev–Trinajstić information content (AvgIpc) is 2.85.